The van der Waals surface area contributed by atoms with Crippen molar-refractivity contribution >= 4 is 52.5 Å². The van der Waals surface area contributed by atoms with Gasteiger partial charge in [0.15, 0.2) is 6.10 Å². The number of aryl methyl sites for hydroxylation is 1. The van der Waals surface area contributed by atoms with E-state index in [1.165, 1.54) is 6.08 Å². The molecule has 3 aromatic rings. The number of nitrogens with one attached hydrogen (secondary N) is 1. The van der Waals surface area contributed by atoms with Gasteiger partial charge in [0.2, 0.25) is 5.91 Å². The summed E-state index contributed by atoms with van der Waals surface area (Å²) < 4.78 is 11.6. The summed E-state index contributed by atoms with van der Waals surface area (Å²) in [5.41, 5.74) is 2.86. The van der Waals surface area contributed by atoms with Gasteiger partial charge in [0.1, 0.15) is 18.1 Å². The lowest BCUT2D eigenvalue weighted by atomic mass is 10.1. The van der Waals surface area contributed by atoms with Crippen molar-refractivity contribution < 1.29 is 19.1 Å². The van der Waals surface area contributed by atoms with Gasteiger partial charge in [0, 0.05) is 21.8 Å². The Hall–Kier alpha value is -3.48. The smallest absolute Gasteiger partial charge is 0.267 e. The van der Waals surface area contributed by atoms with E-state index in [-0.39, 0.29) is 11.8 Å². The lowest BCUT2D eigenvalue weighted by molar-refractivity contribution is -0.125. The molecular formula is C27H24Cl2N2O4. The number of ether oxygens (including phenoxy) is 2. The highest BCUT2D eigenvalue weighted by Gasteiger charge is 2.31. The van der Waals surface area contributed by atoms with Gasteiger partial charge >= 0.3 is 0 Å². The average molecular weight is 511 g/mol. The van der Waals surface area contributed by atoms with Crippen LogP contribution >= 0.6 is 23.2 Å². The normalized spacial score (nSPS) is 15.0. The molecule has 4 rings (SSSR count). The molecule has 0 aromatic heterocycles. The summed E-state index contributed by atoms with van der Waals surface area (Å²) in [6.07, 6.45) is 2.37. The number of nitrogens with zero attached hydrogens (tertiary/aromatic N) is 1. The molecule has 2 amide bonds. The van der Waals surface area contributed by atoms with Gasteiger partial charge in [0.05, 0.1) is 12.2 Å². The number of anilines is 2. The van der Waals surface area contributed by atoms with Gasteiger partial charge in [-0.1, -0.05) is 41.4 Å². The molecule has 1 N–H and O–H groups in total. The van der Waals surface area contributed by atoms with Crippen LogP contribution in [-0.4, -0.2) is 31.1 Å². The predicted octanol–water partition coefficient (Wildman–Crippen LogP) is 6.15. The molecule has 0 saturated heterocycles. The number of fused-ring (bicyclic) bond motifs is 1. The second-order valence-corrected chi connectivity index (χ2v) is 8.93. The van der Waals surface area contributed by atoms with Crippen molar-refractivity contribution in [1.82, 2.24) is 0 Å². The third-order valence-corrected chi connectivity index (χ3v) is 5.95. The Morgan fingerprint density at radius 2 is 1.97 bits per heavy atom. The Bertz CT molecular complexity index is 1290. The molecule has 1 atom stereocenters. The molecule has 1 aliphatic heterocycles. The SMILES string of the molecule is Cc1cccc(OCCN2C(=O)C(C)Oc3ccc(NC(=O)/C=C/c4ccc(Cl)cc4Cl)cc32)c1. The van der Waals surface area contributed by atoms with Crippen LogP contribution in [0, 0.1) is 6.92 Å². The Kier molecular flexibility index (Phi) is 7.63. The predicted molar refractivity (Wildman–Crippen MR) is 140 cm³/mol. The maximum Gasteiger partial charge on any atom is 0.267 e. The number of hydrogen-bond donors (Lipinski definition) is 1. The maximum atomic E-state index is 12.9. The maximum absolute atomic E-state index is 12.9. The molecule has 1 heterocycles. The molecule has 8 heteroatoms. The van der Waals surface area contributed by atoms with Gasteiger partial charge in [-0.15, -0.1) is 0 Å². The monoisotopic (exact) mass is 510 g/mol. The minimum Gasteiger partial charge on any atom is -0.492 e. The molecule has 3 aromatic carbocycles. The number of benzene rings is 3. The van der Waals surface area contributed by atoms with Crippen LogP contribution in [0.4, 0.5) is 11.4 Å². The fourth-order valence-corrected chi connectivity index (χ4v) is 4.13. The molecule has 35 heavy (non-hydrogen) atoms. The third-order valence-electron chi connectivity index (χ3n) is 5.38. The number of carbonyl (C=O) groups excluding carboxylic acids is 2. The Morgan fingerprint density at radius 1 is 1.14 bits per heavy atom. The van der Waals surface area contributed by atoms with Crippen LogP contribution in [-0.2, 0) is 9.59 Å². The van der Waals surface area contributed by atoms with Crippen molar-refractivity contribution in [2.75, 3.05) is 23.4 Å². The summed E-state index contributed by atoms with van der Waals surface area (Å²) in [5.74, 6) is 0.787. The first kappa shape index (κ1) is 24.6. The Morgan fingerprint density at radius 3 is 2.74 bits per heavy atom. The first-order valence-corrected chi connectivity index (χ1v) is 11.8. The molecule has 0 aliphatic carbocycles. The summed E-state index contributed by atoms with van der Waals surface area (Å²) in [4.78, 5) is 27.0. The first-order valence-electron chi connectivity index (χ1n) is 11.1. The van der Waals surface area contributed by atoms with Crippen LogP contribution in [0.25, 0.3) is 6.08 Å². The van der Waals surface area contributed by atoms with E-state index < -0.39 is 6.10 Å². The van der Waals surface area contributed by atoms with E-state index >= 15 is 0 Å². The Labute approximate surface area is 214 Å². The zero-order valence-electron chi connectivity index (χ0n) is 19.3. The third kappa shape index (κ3) is 6.15. The molecule has 0 radical (unpaired) electrons. The summed E-state index contributed by atoms with van der Waals surface area (Å²) in [7, 11) is 0. The van der Waals surface area contributed by atoms with E-state index in [1.54, 1.807) is 54.3 Å². The first-order chi connectivity index (χ1) is 16.8. The number of carbonyl (C=O) groups is 2. The van der Waals surface area contributed by atoms with Gasteiger partial charge in [-0.3, -0.25) is 9.59 Å². The minimum atomic E-state index is -0.617. The van der Waals surface area contributed by atoms with E-state index in [0.717, 1.165) is 11.3 Å². The Balaban J connectivity index is 1.46. The van der Waals surface area contributed by atoms with Crippen LogP contribution in [0.1, 0.15) is 18.1 Å². The van der Waals surface area contributed by atoms with E-state index in [9.17, 15) is 9.59 Å². The summed E-state index contributed by atoms with van der Waals surface area (Å²) in [6, 6.07) is 18.0. The molecule has 0 saturated carbocycles. The topological polar surface area (TPSA) is 67.9 Å². The van der Waals surface area contributed by atoms with Crippen LogP contribution in [0.2, 0.25) is 10.0 Å². The fourth-order valence-electron chi connectivity index (χ4n) is 3.66. The standard InChI is InChI=1S/C27H24Cl2N2O4/c1-17-4-3-5-22(14-17)34-13-12-31-24-16-21(9-10-25(24)35-18(2)27(31)33)30-26(32)11-7-19-6-8-20(28)15-23(19)29/h3-11,14-16,18H,12-13H2,1-2H3,(H,30,32)/b11-7+. The van der Waals surface area contributed by atoms with Crippen molar-refractivity contribution in [3.05, 3.63) is 87.9 Å². The van der Waals surface area contributed by atoms with Crippen LogP contribution in [0.5, 0.6) is 11.5 Å². The zero-order valence-corrected chi connectivity index (χ0v) is 20.8. The molecule has 180 valence electrons. The second-order valence-electron chi connectivity index (χ2n) is 8.09. The highest BCUT2D eigenvalue weighted by molar-refractivity contribution is 6.35. The van der Waals surface area contributed by atoms with Gasteiger partial charge in [-0.2, -0.15) is 0 Å². The van der Waals surface area contributed by atoms with Gasteiger partial charge < -0.3 is 19.7 Å². The van der Waals surface area contributed by atoms with Gasteiger partial charge in [-0.05, 0) is 73.5 Å². The van der Waals surface area contributed by atoms with E-state index in [0.29, 0.717) is 45.9 Å². The molecular weight excluding hydrogens is 487 g/mol. The van der Waals surface area contributed by atoms with Gasteiger partial charge in [0.25, 0.3) is 5.91 Å². The quantitative estimate of drug-likeness (QED) is 0.387. The molecule has 0 bridgehead atoms. The second kappa shape index (κ2) is 10.8. The fraction of sp³-hybridized carbons (Fsp3) is 0.185. The minimum absolute atomic E-state index is 0.175. The zero-order chi connectivity index (χ0) is 24.9. The van der Waals surface area contributed by atoms with Gasteiger partial charge in [-0.25, -0.2) is 0 Å². The van der Waals surface area contributed by atoms with Crippen LogP contribution in [0.15, 0.2) is 66.7 Å². The van der Waals surface area contributed by atoms with Crippen LogP contribution < -0.4 is 19.7 Å². The number of amides is 2. The van der Waals surface area contributed by atoms with Crippen molar-refractivity contribution in [3.8, 4) is 11.5 Å². The molecule has 1 unspecified atom stereocenters. The van der Waals surface area contributed by atoms with E-state index in [2.05, 4.69) is 5.32 Å². The average Bonchev–Trinajstić information content (AvgIpc) is 2.81. The molecule has 0 spiro atoms. The molecule has 6 nitrogen and oxygen atoms in total. The van der Waals surface area contributed by atoms with Crippen LogP contribution in [0.3, 0.4) is 0 Å². The lowest BCUT2D eigenvalue weighted by Crippen LogP contribution is -2.46. The summed E-state index contributed by atoms with van der Waals surface area (Å²) >= 11 is 12.1. The molecule has 1 aliphatic rings. The number of halogens is 2. The summed E-state index contributed by atoms with van der Waals surface area (Å²) in [6.45, 7) is 4.34. The van der Waals surface area contributed by atoms with Crippen molar-refractivity contribution in [1.29, 1.82) is 0 Å². The van der Waals surface area contributed by atoms with Crippen molar-refractivity contribution in [2.24, 2.45) is 0 Å². The van der Waals surface area contributed by atoms with Crippen molar-refractivity contribution in [3.63, 3.8) is 0 Å². The summed E-state index contributed by atoms with van der Waals surface area (Å²) in [5, 5.41) is 3.78. The van der Waals surface area contributed by atoms with Crippen molar-refractivity contribution in [2.45, 2.75) is 20.0 Å². The highest BCUT2D eigenvalue weighted by Crippen LogP contribution is 2.36. The number of hydrogen-bond acceptors (Lipinski definition) is 4. The van der Waals surface area contributed by atoms with E-state index in [4.69, 9.17) is 32.7 Å². The van der Waals surface area contributed by atoms with E-state index in [1.807, 2.05) is 31.2 Å². The molecule has 0 fully saturated rings. The highest BCUT2D eigenvalue weighted by atomic mass is 35.5. The number of rotatable bonds is 7. The lowest BCUT2D eigenvalue weighted by Gasteiger charge is -2.33. The largest absolute Gasteiger partial charge is 0.492 e.